The molecular weight excluding hydrogens is 452 g/mol. The van der Waals surface area contributed by atoms with Gasteiger partial charge in [0.25, 0.3) is 0 Å². The van der Waals surface area contributed by atoms with Crippen LogP contribution in [-0.4, -0.2) is 12.1 Å². The summed E-state index contributed by atoms with van der Waals surface area (Å²) in [4.78, 5) is 12.5. The first kappa shape index (κ1) is 29.2. The lowest BCUT2D eigenvalue weighted by atomic mass is 9.47. The molecular formula is C35H60O2. The summed E-state index contributed by atoms with van der Waals surface area (Å²) >= 11 is 0. The summed E-state index contributed by atoms with van der Waals surface area (Å²) in [5, 5.41) is 0. The minimum Gasteiger partial charge on any atom is -0.462 e. The Labute approximate surface area is 230 Å². The van der Waals surface area contributed by atoms with E-state index in [9.17, 15) is 4.79 Å². The summed E-state index contributed by atoms with van der Waals surface area (Å²) in [5.74, 6) is 5.34. The zero-order chi connectivity index (χ0) is 26.6. The Balaban J connectivity index is 1.34. The number of unbranched alkanes of at least 4 members (excludes halogenated alkanes) is 4. The maximum atomic E-state index is 12.5. The second-order valence-corrected chi connectivity index (χ2v) is 14.8. The van der Waals surface area contributed by atoms with Crippen molar-refractivity contribution >= 4 is 5.97 Å². The van der Waals surface area contributed by atoms with Gasteiger partial charge in [0, 0.05) is 12.8 Å². The fraction of sp³-hybridized carbons (Fsp3) is 0.914. The molecule has 0 N–H and O–H groups in total. The van der Waals surface area contributed by atoms with Crippen LogP contribution in [0.5, 0.6) is 0 Å². The molecule has 0 saturated heterocycles. The molecule has 3 fully saturated rings. The van der Waals surface area contributed by atoms with Gasteiger partial charge in [0.1, 0.15) is 6.10 Å². The van der Waals surface area contributed by atoms with Crippen LogP contribution in [0.25, 0.3) is 0 Å². The van der Waals surface area contributed by atoms with Gasteiger partial charge in [-0.05, 0) is 97.7 Å². The Morgan fingerprint density at radius 2 is 1.73 bits per heavy atom. The van der Waals surface area contributed by atoms with Crippen LogP contribution in [0.4, 0.5) is 0 Å². The molecule has 4 aliphatic carbocycles. The summed E-state index contributed by atoms with van der Waals surface area (Å²) in [6.07, 6.45) is 23.9. The third kappa shape index (κ3) is 6.35. The van der Waals surface area contributed by atoms with Crippen LogP contribution >= 0.6 is 0 Å². The van der Waals surface area contributed by atoms with Crippen LogP contribution < -0.4 is 0 Å². The van der Waals surface area contributed by atoms with Crippen LogP contribution in [0.15, 0.2) is 11.6 Å². The number of carbonyl (C=O) groups excluding carboxylic acids is 1. The number of allylic oxidation sites excluding steroid dienone is 1. The molecule has 0 aliphatic heterocycles. The first-order valence-corrected chi connectivity index (χ1v) is 16.6. The molecule has 3 saturated carbocycles. The molecule has 0 aromatic heterocycles. The molecule has 8 unspecified atom stereocenters. The fourth-order valence-electron chi connectivity index (χ4n) is 9.87. The SMILES string of the molecule is CCCCCCCC(=O)OC1CCC2(C)C(=CCC3C2CCC2(C)C(C(C)CCCC(C)C)CCC32)C1. The maximum absolute atomic E-state index is 12.5. The van der Waals surface area contributed by atoms with E-state index in [1.54, 1.807) is 5.57 Å². The zero-order valence-electron chi connectivity index (χ0n) is 25.5. The third-order valence-corrected chi connectivity index (χ3v) is 12.0. The summed E-state index contributed by atoms with van der Waals surface area (Å²) in [7, 11) is 0. The van der Waals surface area contributed by atoms with E-state index in [1.807, 2.05) is 0 Å². The van der Waals surface area contributed by atoms with Gasteiger partial charge in [-0.25, -0.2) is 0 Å². The summed E-state index contributed by atoms with van der Waals surface area (Å²) in [5.41, 5.74) is 2.54. The van der Waals surface area contributed by atoms with E-state index in [4.69, 9.17) is 4.74 Å². The summed E-state index contributed by atoms with van der Waals surface area (Å²) < 4.78 is 6.02. The fourth-order valence-corrected chi connectivity index (χ4v) is 9.87. The molecule has 37 heavy (non-hydrogen) atoms. The maximum Gasteiger partial charge on any atom is 0.306 e. The van der Waals surface area contributed by atoms with E-state index in [-0.39, 0.29) is 12.1 Å². The van der Waals surface area contributed by atoms with Crippen LogP contribution in [0, 0.1) is 46.3 Å². The highest BCUT2D eigenvalue weighted by molar-refractivity contribution is 5.69. The Morgan fingerprint density at radius 3 is 2.49 bits per heavy atom. The van der Waals surface area contributed by atoms with Gasteiger partial charge in [0.15, 0.2) is 0 Å². The van der Waals surface area contributed by atoms with Crippen molar-refractivity contribution in [3.8, 4) is 0 Å². The Hall–Kier alpha value is -0.790. The zero-order valence-corrected chi connectivity index (χ0v) is 25.5. The smallest absolute Gasteiger partial charge is 0.306 e. The van der Waals surface area contributed by atoms with E-state index in [1.165, 1.54) is 77.0 Å². The van der Waals surface area contributed by atoms with Gasteiger partial charge >= 0.3 is 5.97 Å². The minimum absolute atomic E-state index is 0.0485. The molecule has 0 heterocycles. The van der Waals surface area contributed by atoms with Crippen LogP contribution in [0.1, 0.15) is 151 Å². The number of hydrogen-bond donors (Lipinski definition) is 0. The van der Waals surface area contributed by atoms with Crippen molar-refractivity contribution in [3.63, 3.8) is 0 Å². The van der Waals surface area contributed by atoms with Gasteiger partial charge in [0.05, 0.1) is 0 Å². The molecule has 0 amide bonds. The van der Waals surface area contributed by atoms with E-state index >= 15 is 0 Å². The third-order valence-electron chi connectivity index (χ3n) is 12.0. The number of esters is 1. The van der Waals surface area contributed by atoms with Crippen molar-refractivity contribution in [1.29, 1.82) is 0 Å². The van der Waals surface area contributed by atoms with Gasteiger partial charge in [-0.3, -0.25) is 4.79 Å². The average molecular weight is 513 g/mol. The number of hydrogen-bond acceptors (Lipinski definition) is 2. The van der Waals surface area contributed by atoms with Gasteiger partial charge in [0.2, 0.25) is 0 Å². The number of rotatable bonds is 12. The quantitative estimate of drug-likeness (QED) is 0.148. The van der Waals surface area contributed by atoms with Crippen LogP contribution in [-0.2, 0) is 9.53 Å². The lowest BCUT2D eigenvalue weighted by Gasteiger charge is -2.58. The normalized spacial score (nSPS) is 37.9. The van der Waals surface area contributed by atoms with Gasteiger partial charge in [-0.2, -0.15) is 0 Å². The highest BCUT2D eigenvalue weighted by Crippen LogP contribution is 2.67. The second kappa shape index (κ2) is 12.6. The molecule has 0 spiro atoms. The lowest BCUT2D eigenvalue weighted by Crippen LogP contribution is -2.51. The molecule has 0 aromatic rings. The molecule has 0 bridgehead atoms. The van der Waals surface area contributed by atoms with Gasteiger partial charge in [-0.15, -0.1) is 0 Å². The number of fused-ring (bicyclic) bond motifs is 5. The van der Waals surface area contributed by atoms with E-state index in [0.29, 0.717) is 17.3 Å². The summed E-state index contributed by atoms with van der Waals surface area (Å²) in [6.45, 7) is 14.9. The van der Waals surface area contributed by atoms with E-state index < -0.39 is 0 Å². The number of carbonyl (C=O) groups is 1. The molecule has 0 radical (unpaired) electrons. The summed E-state index contributed by atoms with van der Waals surface area (Å²) in [6, 6.07) is 0. The molecule has 2 heteroatoms. The molecule has 4 aliphatic rings. The predicted octanol–water partition coefficient (Wildman–Crippen LogP) is 10.3. The van der Waals surface area contributed by atoms with Crippen molar-refractivity contribution in [3.05, 3.63) is 11.6 Å². The topological polar surface area (TPSA) is 26.3 Å². The molecule has 0 aromatic carbocycles. The second-order valence-electron chi connectivity index (χ2n) is 14.8. The monoisotopic (exact) mass is 512 g/mol. The largest absolute Gasteiger partial charge is 0.462 e. The molecule has 4 rings (SSSR count). The van der Waals surface area contributed by atoms with Crippen LogP contribution in [0.3, 0.4) is 0 Å². The van der Waals surface area contributed by atoms with E-state index in [0.717, 1.165) is 61.2 Å². The van der Waals surface area contributed by atoms with Crippen molar-refractivity contribution in [1.82, 2.24) is 0 Å². The highest BCUT2D eigenvalue weighted by Gasteiger charge is 2.59. The predicted molar refractivity (Wildman–Crippen MR) is 156 cm³/mol. The Kier molecular flexibility index (Phi) is 9.94. The van der Waals surface area contributed by atoms with Crippen molar-refractivity contribution in [2.24, 2.45) is 46.3 Å². The van der Waals surface area contributed by atoms with E-state index in [2.05, 4.69) is 47.6 Å². The Bertz CT molecular complexity index is 782. The number of ether oxygens (including phenoxy) is 1. The van der Waals surface area contributed by atoms with Crippen molar-refractivity contribution in [2.45, 2.75) is 157 Å². The van der Waals surface area contributed by atoms with Gasteiger partial charge < -0.3 is 4.74 Å². The minimum atomic E-state index is 0.0485. The molecule has 212 valence electrons. The molecule has 2 nitrogen and oxygen atoms in total. The van der Waals surface area contributed by atoms with Gasteiger partial charge in [-0.1, -0.05) is 98.1 Å². The molecule has 8 atom stereocenters. The highest BCUT2D eigenvalue weighted by atomic mass is 16.5. The van der Waals surface area contributed by atoms with Crippen LogP contribution in [0.2, 0.25) is 0 Å². The van der Waals surface area contributed by atoms with Crippen molar-refractivity contribution < 1.29 is 9.53 Å². The first-order valence-electron chi connectivity index (χ1n) is 16.6. The Morgan fingerprint density at radius 1 is 0.946 bits per heavy atom. The lowest BCUT2D eigenvalue weighted by molar-refractivity contribution is -0.151. The average Bonchev–Trinajstić information content (AvgIpc) is 3.21. The standard InChI is InChI=1S/C35H60O2/c1-7-8-9-10-11-15-33(36)37-28-20-22-34(5)27(24-28)16-17-29-31-19-18-30(26(4)14-12-13-25(2)3)35(31,6)23-21-32(29)34/h16,25-26,28-32H,7-15,17-24H2,1-6H3. The first-order chi connectivity index (χ1) is 17.7. The van der Waals surface area contributed by atoms with Crippen molar-refractivity contribution in [2.75, 3.05) is 0 Å².